The van der Waals surface area contributed by atoms with Crippen molar-refractivity contribution in [3.05, 3.63) is 55.4 Å². The Balaban J connectivity index is 1.84. The van der Waals surface area contributed by atoms with Gasteiger partial charge in [0.2, 0.25) is 5.91 Å². The summed E-state index contributed by atoms with van der Waals surface area (Å²) in [5, 5.41) is 5.74. The Morgan fingerprint density at radius 2 is 2.22 bits per heavy atom. The summed E-state index contributed by atoms with van der Waals surface area (Å²) >= 11 is 6.34. The smallest absolute Gasteiger partial charge is 0.262 e. The van der Waals surface area contributed by atoms with E-state index in [-0.39, 0.29) is 16.7 Å². The van der Waals surface area contributed by atoms with Crippen LogP contribution in [-0.4, -0.2) is 20.7 Å². The molecule has 142 valence electrons. The van der Waals surface area contributed by atoms with Gasteiger partial charge in [0.05, 0.1) is 22.7 Å². The summed E-state index contributed by atoms with van der Waals surface area (Å²) in [7, 11) is 0. The Morgan fingerprint density at radius 3 is 2.93 bits per heavy atom. The SMILES string of the molecule is CCCn1c(SC(C)C(=O)NCc2cccs2)nc2ccc(Br)cc2c1=O. The number of halogens is 1. The van der Waals surface area contributed by atoms with Crippen molar-refractivity contribution in [2.45, 2.75) is 43.8 Å². The standard InChI is InChI=1S/C19H20BrN3O2S2/c1-3-8-23-18(25)15-10-13(20)6-7-16(15)22-19(23)27-12(2)17(24)21-11-14-5-4-9-26-14/h4-7,9-10,12H,3,8,11H2,1-2H3,(H,21,24). The molecule has 0 fully saturated rings. The van der Waals surface area contributed by atoms with E-state index in [2.05, 4.69) is 26.2 Å². The van der Waals surface area contributed by atoms with Crippen molar-refractivity contribution in [3.63, 3.8) is 0 Å². The maximum absolute atomic E-state index is 12.9. The van der Waals surface area contributed by atoms with Crippen molar-refractivity contribution in [1.82, 2.24) is 14.9 Å². The number of hydrogen-bond donors (Lipinski definition) is 1. The zero-order chi connectivity index (χ0) is 19.4. The fraction of sp³-hybridized carbons (Fsp3) is 0.316. The largest absolute Gasteiger partial charge is 0.350 e. The number of aromatic nitrogens is 2. The zero-order valence-corrected chi connectivity index (χ0v) is 18.3. The molecule has 0 radical (unpaired) electrons. The fourth-order valence-corrected chi connectivity index (χ4v) is 4.59. The molecule has 0 aliphatic carbocycles. The van der Waals surface area contributed by atoms with E-state index in [1.807, 2.05) is 43.5 Å². The molecule has 0 saturated carbocycles. The number of nitrogens with one attached hydrogen (secondary N) is 1. The van der Waals surface area contributed by atoms with Crippen LogP contribution in [0.4, 0.5) is 0 Å². The summed E-state index contributed by atoms with van der Waals surface area (Å²) in [6.45, 7) is 4.94. The van der Waals surface area contributed by atoms with Crippen molar-refractivity contribution in [3.8, 4) is 0 Å². The molecule has 27 heavy (non-hydrogen) atoms. The third-order valence-corrected chi connectivity index (χ3v) is 6.46. The fourth-order valence-electron chi connectivity index (χ4n) is 2.63. The second-order valence-electron chi connectivity index (χ2n) is 6.07. The number of thiophene rings is 1. The van der Waals surface area contributed by atoms with E-state index in [1.54, 1.807) is 22.0 Å². The molecule has 5 nitrogen and oxygen atoms in total. The number of hydrogen-bond acceptors (Lipinski definition) is 5. The van der Waals surface area contributed by atoms with Crippen LogP contribution in [0.2, 0.25) is 0 Å². The first-order chi connectivity index (χ1) is 13.0. The minimum atomic E-state index is -0.354. The number of rotatable bonds is 7. The Kier molecular flexibility index (Phi) is 6.73. The van der Waals surface area contributed by atoms with Gasteiger partial charge < -0.3 is 5.32 Å². The normalized spacial score (nSPS) is 12.3. The van der Waals surface area contributed by atoms with Crippen molar-refractivity contribution in [2.75, 3.05) is 0 Å². The summed E-state index contributed by atoms with van der Waals surface area (Å²) in [6.07, 6.45) is 0.813. The van der Waals surface area contributed by atoms with Crippen molar-refractivity contribution in [1.29, 1.82) is 0 Å². The van der Waals surface area contributed by atoms with Crippen LogP contribution >= 0.6 is 39.0 Å². The predicted octanol–water partition coefficient (Wildman–Crippen LogP) is 4.43. The summed E-state index contributed by atoms with van der Waals surface area (Å²) in [5.41, 5.74) is 0.570. The lowest BCUT2D eigenvalue weighted by molar-refractivity contribution is -0.120. The van der Waals surface area contributed by atoms with Gasteiger partial charge in [0, 0.05) is 15.9 Å². The van der Waals surface area contributed by atoms with E-state index < -0.39 is 0 Å². The molecular weight excluding hydrogens is 446 g/mol. The van der Waals surface area contributed by atoms with Crippen molar-refractivity contribution in [2.24, 2.45) is 0 Å². The van der Waals surface area contributed by atoms with Crippen LogP contribution < -0.4 is 10.9 Å². The summed E-state index contributed by atoms with van der Waals surface area (Å²) < 4.78 is 2.52. The topological polar surface area (TPSA) is 64.0 Å². The highest BCUT2D eigenvalue weighted by atomic mass is 79.9. The molecule has 1 amide bonds. The lowest BCUT2D eigenvalue weighted by Crippen LogP contribution is -2.31. The number of nitrogens with zero attached hydrogens (tertiary/aromatic N) is 2. The lowest BCUT2D eigenvalue weighted by Gasteiger charge is -2.16. The molecule has 0 aliphatic heterocycles. The van der Waals surface area contributed by atoms with Gasteiger partial charge in [-0.25, -0.2) is 4.98 Å². The highest BCUT2D eigenvalue weighted by Gasteiger charge is 2.19. The minimum absolute atomic E-state index is 0.0680. The van der Waals surface area contributed by atoms with E-state index in [0.29, 0.717) is 29.1 Å². The van der Waals surface area contributed by atoms with Gasteiger partial charge in [0.15, 0.2) is 5.16 Å². The summed E-state index contributed by atoms with van der Waals surface area (Å²) in [5.74, 6) is -0.0680. The van der Waals surface area contributed by atoms with Crippen LogP contribution in [0.3, 0.4) is 0 Å². The van der Waals surface area contributed by atoms with Gasteiger partial charge in [-0.2, -0.15) is 0 Å². The molecule has 1 unspecified atom stereocenters. The van der Waals surface area contributed by atoms with Gasteiger partial charge in [0.25, 0.3) is 5.56 Å². The molecule has 1 atom stereocenters. The maximum atomic E-state index is 12.9. The maximum Gasteiger partial charge on any atom is 0.262 e. The molecule has 0 bridgehead atoms. The first kappa shape index (κ1) is 20.1. The third kappa shape index (κ3) is 4.80. The number of thioether (sulfide) groups is 1. The molecule has 0 spiro atoms. The molecule has 0 saturated heterocycles. The van der Waals surface area contributed by atoms with Gasteiger partial charge >= 0.3 is 0 Å². The minimum Gasteiger partial charge on any atom is -0.350 e. The van der Waals surface area contributed by atoms with E-state index >= 15 is 0 Å². The van der Waals surface area contributed by atoms with Crippen LogP contribution in [0.5, 0.6) is 0 Å². The average molecular weight is 466 g/mol. The first-order valence-corrected chi connectivity index (χ1v) is 11.2. The van der Waals surface area contributed by atoms with Crippen molar-refractivity contribution >= 4 is 55.8 Å². The Hall–Kier alpha value is -1.64. The molecule has 0 aliphatic rings. The van der Waals surface area contributed by atoms with Crippen molar-refractivity contribution < 1.29 is 4.79 Å². The van der Waals surface area contributed by atoms with Crippen LogP contribution in [0, 0.1) is 0 Å². The molecule has 1 N–H and O–H groups in total. The highest BCUT2D eigenvalue weighted by molar-refractivity contribution is 9.10. The van der Waals surface area contributed by atoms with Gasteiger partial charge in [0.1, 0.15) is 0 Å². The highest BCUT2D eigenvalue weighted by Crippen LogP contribution is 2.24. The van der Waals surface area contributed by atoms with Gasteiger partial charge in [-0.1, -0.05) is 40.7 Å². The second-order valence-corrected chi connectivity index (χ2v) is 9.33. The number of benzene rings is 1. The van der Waals surface area contributed by atoms with Crippen LogP contribution in [0.1, 0.15) is 25.1 Å². The molecule has 2 heterocycles. The van der Waals surface area contributed by atoms with E-state index in [0.717, 1.165) is 15.8 Å². The lowest BCUT2D eigenvalue weighted by atomic mass is 10.2. The molecule has 1 aromatic carbocycles. The van der Waals surface area contributed by atoms with E-state index in [1.165, 1.54) is 11.8 Å². The number of amides is 1. The number of carbonyl (C=O) groups is 1. The Morgan fingerprint density at radius 1 is 1.41 bits per heavy atom. The molecular formula is C19H20BrN3O2S2. The zero-order valence-electron chi connectivity index (χ0n) is 15.1. The molecule has 3 aromatic rings. The summed E-state index contributed by atoms with van der Waals surface area (Å²) in [4.78, 5) is 31.1. The predicted molar refractivity (Wildman–Crippen MR) is 115 cm³/mol. The van der Waals surface area contributed by atoms with E-state index in [4.69, 9.17) is 0 Å². The summed E-state index contributed by atoms with van der Waals surface area (Å²) in [6, 6.07) is 9.44. The Labute approximate surface area is 174 Å². The average Bonchev–Trinajstić information content (AvgIpc) is 3.17. The Bertz CT molecular complexity index is 1000. The second kappa shape index (κ2) is 9.03. The van der Waals surface area contributed by atoms with Gasteiger partial charge in [-0.15, -0.1) is 11.3 Å². The monoisotopic (exact) mass is 465 g/mol. The van der Waals surface area contributed by atoms with Gasteiger partial charge in [-0.05, 0) is 43.0 Å². The molecule has 8 heteroatoms. The quantitative estimate of drug-likeness (QED) is 0.414. The van der Waals surface area contributed by atoms with Crippen LogP contribution in [0.25, 0.3) is 10.9 Å². The van der Waals surface area contributed by atoms with Crippen LogP contribution in [-0.2, 0) is 17.9 Å². The molecule has 2 aromatic heterocycles. The van der Waals surface area contributed by atoms with Crippen LogP contribution in [0.15, 0.2) is 50.1 Å². The number of carbonyl (C=O) groups excluding carboxylic acids is 1. The van der Waals surface area contributed by atoms with Gasteiger partial charge in [-0.3, -0.25) is 14.2 Å². The molecule has 3 rings (SSSR count). The van der Waals surface area contributed by atoms with E-state index in [9.17, 15) is 9.59 Å². The third-order valence-electron chi connectivity index (χ3n) is 4.00. The first-order valence-electron chi connectivity index (χ1n) is 8.66. The number of fused-ring (bicyclic) bond motifs is 1.